The highest BCUT2D eigenvalue weighted by Gasteiger charge is 2.33. The minimum atomic E-state index is -4.55. The highest BCUT2D eigenvalue weighted by atomic mass is 32.2. The van der Waals surface area contributed by atoms with Crippen LogP contribution in [0.3, 0.4) is 0 Å². The molecule has 0 saturated carbocycles. The van der Waals surface area contributed by atoms with E-state index in [1.807, 2.05) is 0 Å². The number of benzene rings is 2. The number of hydrogen-bond donors (Lipinski definition) is 0. The molecule has 0 bridgehead atoms. The number of halogens is 3. The summed E-state index contributed by atoms with van der Waals surface area (Å²) in [5.41, 5.74) is 0.0940. The lowest BCUT2D eigenvalue weighted by Gasteiger charge is -2.23. The molecule has 0 aromatic heterocycles. The largest absolute Gasteiger partial charge is 0.328 e. The van der Waals surface area contributed by atoms with E-state index in [9.17, 15) is 21.6 Å². The second kappa shape index (κ2) is 5.77. The molecule has 2 rings (SSSR count). The molecule has 0 spiro atoms. The minimum Gasteiger partial charge on any atom is -0.205 e. The minimum absolute atomic E-state index is 0.215. The molecular formula is C14H12F3NO2S. The Kier molecular flexibility index (Phi) is 4.22. The fourth-order valence-corrected chi connectivity index (χ4v) is 3.12. The van der Waals surface area contributed by atoms with Gasteiger partial charge in [0.15, 0.2) is 0 Å². The second-order valence-corrected chi connectivity index (χ2v) is 6.16. The first-order valence-corrected chi connectivity index (χ1v) is 7.42. The first-order valence-electron chi connectivity index (χ1n) is 5.98. The van der Waals surface area contributed by atoms with Crippen molar-refractivity contribution in [2.24, 2.45) is 0 Å². The summed E-state index contributed by atoms with van der Waals surface area (Å²) in [6, 6.07) is 9.89. The fraction of sp³-hybridized carbons (Fsp3) is 0.143. The Morgan fingerprint density at radius 2 is 1.57 bits per heavy atom. The summed E-state index contributed by atoms with van der Waals surface area (Å²) >= 11 is 0. The van der Waals surface area contributed by atoms with Crippen LogP contribution in [0.5, 0.6) is 0 Å². The number of nitrogens with zero attached hydrogens (tertiary/aromatic N) is 1. The molecule has 0 fully saturated rings. The van der Waals surface area contributed by atoms with E-state index in [2.05, 4.69) is 0 Å². The van der Waals surface area contributed by atoms with E-state index in [-0.39, 0.29) is 9.20 Å². The van der Waals surface area contributed by atoms with Crippen LogP contribution in [0.25, 0.3) is 0 Å². The maximum absolute atomic E-state index is 13.7. The molecule has 0 radical (unpaired) electrons. The van der Waals surface area contributed by atoms with Gasteiger partial charge in [0, 0.05) is 0 Å². The van der Waals surface area contributed by atoms with E-state index < -0.39 is 28.1 Å². The lowest BCUT2D eigenvalue weighted by Crippen LogP contribution is -2.36. The molecule has 112 valence electrons. The van der Waals surface area contributed by atoms with Crippen LogP contribution in [-0.2, 0) is 10.0 Å². The average Bonchev–Trinajstić information content (AvgIpc) is 2.41. The summed E-state index contributed by atoms with van der Waals surface area (Å²) in [6.07, 6.45) is 0. The zero-order valence-electron chi connectivity index (χ0n) is 11.0. The molecule has 0 atom stereocenters. The zero-order valence-corrected chi connectivity index (χ0v) is 11.8. The molecule has 0 unspecified atom stereocenters. The van der Waals surface area contributed by atoms with Gasteiger partial charge in [-0.1, -0.05) is 29.8 Å². The van der Waals surface area contributed by atoms with Crippen molar-refractivity contribution >= 4 is 15.7 Å². The van der Waals surface area contributed by atoms with Gasteiger partial charge in [0.1, 0.15) is 5.82 Å². The van der Waals surface area contributed by atoms with Crippen LogP contribution in [0.1, 0.15) is 5.56 Å². The molecule has 2 aromatic carbocycles. The molecule has 21 heavy (non-hydrogen) atoms. The van der Waals surface area contributed by atoms with Gasteiger partial charge in [0.2, 0.25) is 0 Å². The topological polar surface area (TPSA) is 37.4 Å². The normalized spacial score (nSPS) is 11.7. The number of aryl methyl sites for hydroxylation is 1. The van der Waals surface area contributed by atoms with E-state index in [1.165, 1.54) is 36.4 Å². The van der Waals surface area contributed by atoms with Gasteiger partial charge >= 0.3 is 6.55 Å². The van der Waals surface area contributed by atoms with Crippen molar-refractivity contribution in [1.29, 1.82) is 0 Å². The van der Waals surface area contributed by atoms with Crippen LogP contribution in [0.4, 0.5) is 18.9 Å². The third-order valence-electron chi connectivity index (χ3n) is 2.84. The van der Waals surface area contributed by atoms with Gasteiger partial charge in [-0.25, -0.2) is 17.1 Å². The Morgan fingerprint density at radius 3 is 2.10 bits per heavy atom. The van der Waals surface area contributed by atoms with E-state index >= 15 is 0 Å². The summed E-state index contributed by atoms with van der Waals surface area (Å²) in [5.74, 6) is -1.03. The third-order valence-corrected chi connectivity index (χ3v) is 4.59. The van der Waals surface area contributed by atoms with Gasteiger partial charge in [-0.15, -0.1) is 0 Å². The van der Waals surface area contributed by atoms with Gasteiger partial charge in [0.05, 0.1) is 10.6 Å². The lowest BCUT2D eigenvalue weighted by molar-refractivity contribution is 0.161. The first kappa shape index (κ1) is 15.4. The maximum atomic E-state index is 13.7. The van der Waals surface area contributed by atoms with Crippen molar-refractivity contribution in [2.45, 2.75) is 18.4 Å². The second-order valence-electron chi connectivity index (χ2n) is 4.34. The summed E-state index contributed by atoms with van der Waals surface area (Å²) in [7, 11) is -4.55. The van der Waals surface area contributed by atoms with Gasteiger partial charge in [-0.2, -0.15) is 8.78 Å². The van der Waals surface area contributed by atoms with E-state index in [0.29, 0.717) is 0 Å². The average molecular weight is 315 g/mol. The highest BCUT2D eigenvalue weighted by Crippen LogP contribution is 2.29. The van der Waals surface area contributed by atoms with Crippen LogP contribution in [0.15, 0.2) is 53.4 Å². The molecule has 0 N–H and O–H groups in total. The highest BCUT2D eigenvalue weighted by molar-refractivity contribution is 7.92. The molecule has 0 aliphatic carbocycles. The summed E-state index contributed by atoms with van der Waals surface area (Å²) in [5, 5.41) is 0. The van der Waals surface area contributed by atoms with Crippen LogP contribution in [0.2, 0.25) is 0 Å². The summed E-state index contributed by atoms with van der Waals surface area (Å²) in [6.45, 7) is -1.66. The maximum Gasteiger partial charge on any atom is 0.328 e. The van der Waals surface area contributed by atoms with E-state index in [4.69, 9.17) is 0 Å². The Balaban J connectivity index is 2.57. The molecule has 3 nitrogen and oxygen atoms in total. The Labute approximate surface area is 120 Å². The fourth-order valence-electron chi connectivity index (χ4n) is 1.79. The summed E-state index contributed by atoms with van der Waals surface area (Å²) < 4.78 is 64.5. The van der Waals surface area contributed by atoms with Crippen LogP contribution in [-0.4, -0.2) is 15.0 Å². The third kappa shape index (κ3) is 3.02. The number of hydrogen-bond acceptors (Lipinski definition) is 2. The van der Waals surface area contributed by atoms with Crippen molar-refractivity contribution < 1.29 is 21.6 Å². The lowest BCUT2D eigenvalue weighted by atomic mass is 10.2. The molecule has 0 aliphatic rings. The molecule has 0 aliphatic heterocycles. The standard InChI is InChI=1S/C14H12F3NO2S/c1-10-6-8-11(9-7-10)21(19,20)18(14(16)17)13-5-3-2-4-12(13)15/h2-9,14H,1H3. The number of anilines is 1. The van der Waals surface area contributed by atoms with Gasteiger partial charge in [-0.3, -0.25) is 0 Å². The van der Waals surface area contributed by atoms with Crippen LogP contribution < -0.4 is 4.31 Å². The van der Waals surface area contributed by atoms with Gasteiger partial charge in [0.25, 0.3) is 10.0 Å². The van der Waals surface area contributed by atoms with Crippen LogP contribution in [0, 0.1) is 12.7 Å². The van der Waals surface area contributed by atoms with Crippen LogP contribution >= 0.6 is 0 Å². The van der Waals surface area contributed by atoms with Crippen molar-refractivity contribution in [2.75, 3.05) is 4.31 Å². The molecule has 7 heteroatoms. The smallest absolute Gasteiger partial charge is 0.205 e. The van der Waals surface area contributed by atoms with Crippen molar-refractivity contribution in [3.8, 4) is 0 Å². The van der Waals surface area contributed by atoms with E-state index in [1.54, 1.807) is 6.92 Å². The first-order chi connectivity index (χ1) is 9.84. The quantitative estimate of drug-likeness (QED) is 0.809. The zero-order chi connectivity index (χ0) is 15.6. The predicted octanol–water partition coefficient (Wildman–Crippen LogP) is 3.55. The Hall–Kier alpha value is -2.02. The number of rotatable bonds is 4. The number of sulfonamides is 1. The SMILES string of the molecule is Cc1ccc(S(=O)(=O)N(c2ccccc2F)C(F)F)cc1. The van der Waals surface area contributed by atoms with Gasteiger partial charge < -0.3 is 0 Å². The van der Waals surface area contributed by atoms with Crippen molar-refractivity contribution in [3.63, 3.8) is 0 Å². The van der Waals surface area contributed by atoms with Crippen molar-refractivity contribution in [3.05, 3.63) is 59.9 Å². The molecule has 2 aromatic rings. The predicted molar refractivity (Wildman–Crippen MR) is 73.2 cm³/mol. The van der Waals surface area contributed by atoms with Crippen molar-refractivity contribution in [1.82, 2.24) is 0 Å². The molecule has 0 saturated heterocycles. The van der Waals surface area contributed by atoms with Gasteiger partial charge in [-0.05, 0) is 31.2 Å². The molecular weight excluding hydrogens is 303 g/mol. The summed E-state index contributed by atoms with van der Waals surface area (Å²) in [4.78, 5) is -0.323. The molecule has 0 amide bonds. The monoisotopic (exact) mass is 315 g/mol. The Bertz CT molecular complexity index is 730. The Morgan fingerprint density at radius 1 is 1.00 bits per heavy atom. The van der Waals surface area contributed by atoms with E-state index in [0.717, 1.165) is 17.7 Å². The number of alkyl halides is 2. The molecule has 0 heterocycles. The number of para-hydroxylation sites is 1.